The second-order valence-electron chi connectivity index (χ2n) is 5.17. The van der Waals surface area contributed by atoms with Gasteiger partial charge in [0.15, 0.2) is 5.11 Å². The average Bonchev–Trinajstić information content (AvgIpc) is 2.62. The maximum absolute atomic E-state index is 5.39. The van der Waals surface area contributed by atoms with Crippen molar-refractivity contribution in [2.75, 3.05) is 26.1 Å². The van der Waals surface area contributed by atoms with Crippen molar-refractivity contribution < 1.29 is 9.47 Å². The molecular weight excluding hydrogens is 322 g/mol. The zero-order valence-corrected chi connectivity index (χ0v) is 15.1. The number of aryl methyl sites for hydroxylation is 1. The Morgan fingerprint density at radius 2 is 2.00 bits per heavy atom. The molecule has 1 aromatic heterocycles. The highest BCUT2D eigenvalue weighted by Crippen LogP contribution is 2.24. The molecule has 128 valence electrons. The molecule has 0 aliphatic rings. The first-order valence-electron chi connectivity index (χ1n) is 7.87. The molecule has 2 rings (SSSR count). The minimum atomic E-state index is 0.560. The van der Waals surface area contributed by atoms with Crippen molar-refractivity contribution in [1.82, 2.24) is 10.3 Å². The molecule has 0 amide bonds. The van der Waals surface area contributed by atoms with Gasteiger partial charge in [0.05, 0.1) is 14.2 Å². The van der Waals surface area contributed by atoms with Gasteiger partial charge in [0.2, 0.25) is 0 Å². The van der Waals surface area contributed by atoms with Gasteiger partial charge in [0.25, 0.3) is 0 Å². The number of anilines is 1. The van der Waals surface area contributed by atoms with Crippen LogP contribution >= 0.6 is 12.2 Å². The molecule has 0 saturated heterocycles. The third kappa shape index (κ3) is 4.83. The Labute approximate surface area is 148 Å². The van der Waals surface area contributed by atoms with Gasteiger partial charge in [0, 0.05) is 12.7 Å². The van der Waals surface area contributed by atoms with Crippen LogP contribution in [0, 0.1) is 0 Å². The van der Waals surface area contributed by atoms with Crippen LogP contribution in [-0.4, -0.2) is 30.9 Å². The number of hydrogen-bond acceptors (Lipinski definition) is 4. The van der Waals surface area contributed by atoms with Crippen molar-refractivity contribution in [1.29, 1.82) is 0 Å². The third-order valence-electron chi connectivity index (χ3n) is 3.67. The van der Waals surface area contributed by atoms with E-state index in [9.17, 15) is 0 Å². The van der Waals surface area contributed by atoms with Crippen molar-refractivity contribution in [2.45, 2.75) is 19.8 Å². The Morgan fingerprint density at radius 3 is 2.71 bits per heavy atom. The monoisotopic (exact) mass is 345 g/mol. The number of methoxy groups -OCH3 is 2. The van der Waals surface area contributed by atoms with Crippen LogP contribution in [0.3, 0.4) is 0 Å². The van der Waals surface area contributed by atoms with Gasteiger partial charge in [-0.15, -0.1) is 0 Å². The number of rotatable bonds is 7. The third-order valence-corrected chi connectivity index (χ3v) is 3.92. The Morgan fingerprint density at radius 1 is 1.17 bits per heavy atom. The van der Waals surface area contributed by atoms with Crippen molar-refractivity contribution in [3.05, 3.63) is 47.7 Å². The first-order chi connectivity index (χ1) is 11.7. The summed E-state index contributed by atoms with van der Waals surface area (Å²) >= 11 is 5.35. The van der Waals surface area contributed by atoms with E-state index in [1.54, 1.807) is 20.4 Å². The van der Waals surface area contributed by atoms with Gasteiger partial charge in [-0.05, 0) is 60.5 Å². The average molecular weight is 345 g/mol. The second-order valence-corrected chi connectivity index (χ2v) is 5.58. The van der Waals surface area contributed by atoms with Gasteiger partial charge in [-0.3, -0.25) is 0 Å². The van der Waals surface area contributed by atoms with Crippen LogP contribution in [0.25, 0.3) is 0 Å². The summed E-state index contributed by atoms with van der Waals surface area (Å²) in [4.78, 5) is 4.33. The van der Waals surface area contributed by atoms with E-state index in [0.717, 1.165) is 41.3 Å². The lowest BCUT2D eigenvalue weighted by Crippen LogP contribution is -2.31. The predicted molar refractivity (Wildman–Crippen MR) is 101 cm³/mol. The summed E-state index contributed by atoms with van der Waals surface area (Å²) < 4.78 is 10.7. The van der Waals surface area contributed by atoms with Crippen LogP contribution in [0.2, 0.25) is 0 Å². The van der Waals surface area contributed by atoms with E-state index in [4.69, 9.17) is 21.7 Å². The number of nitrogens with zero attached hydrogens (tertiary/aromatic N) is 1. The van der Waals surface area contributed by atoms with E-state index in [-0.39, 0.29) is 0 Å². The highest BCUT2D eigenvalue weighted by molar-refractivity contribution is 7.80. The number of aromatic nitrogens is 1. The number of benzene rings is 1. The molecular formula is C18H23N3O2S. The van der Waals surface area contributed by atoms with E-state index in [1.165, 1.54) is 0 Å². The molecule has 0 aliphatic heterocycles. The molecule has 0 unspecified atom stereocenters. The highest BCUT2D eigenvalue weighted by atomic mass is 32.1. The molecule has 0 saturated carbocycles. The van der Waals surface area contributed by atoms with Crippen LogP contribution in [0.1, 0.15) is 18.1 Å². The number of ether oxygens (including phenoxy) is 2. The van der Waals surface area contributed by atoms with E-state index in [0.29, 0.717) is 11.7 Å². The Kier molecular flexibility index (Phi) is 6.81. The fourth-order valence-corrected chi connectivity index (χ4v) is 2.57. The van der Waals surface area contributed by atoms with Crippen LogP contribution in [-0.2, 0) is 12.8 Å². The van der Waals surface area contributed by atoms with Crippen molar-refractivity contribution in [3.63, 3.8) is 0 Å². The molecule has 0 bridgehead atoms. The Balaban J connectivity index is 1.91. The van der Waals surface area contributed by atoms with Gasteiger partial charge in [-0.25, -0.2) is 4.98 Å². The smallest absolute Gasteiger partial charge is 0.171 e. The molecule has 0 atom stereocenters. The summed E-state index contributed by atoms with van der Waals surface area (Å²) in [5.41, 5.74) is 2.20. The quantitative estimate of drug-likeness (QED) is 0.752. The van der Waals surface area contributed by atoms with Gasteiger partial charge >= 0.3 is 0 Å². The van der Waals surface area contributed by atoms with E-state index < -0.39 is 0 Å². The number of pyridine rings is 1. The van der Waals surface area contributed by atoms with Crippen LogP contribution < -0.4 is 20.1 Å². The fraction of sp³-hybridized carbons (Fsp3) is 0.333. The summed E-state index contributed by atoms with van der Waals surface area (Å²) in [5, 5.41) is 6.92. The summed E-state index contributed by atoms with van der Waals surface area (Å²) in [6.45, 7) is 2.78. The Bertz CT molecular complexity index is 692. The molecule has 24 heavy (non-hydrogen) atoms. The maximum atomic E-state index is 5.39. The van der Waals surface area contributed by atoms with Crippen LogP contribution in [0.5, 0.6) is 11.5 Å². The van der Waals surface area contributed by atoms with Gasteiger partial charge in [0.1, 0.15) is 17.3 Å². The minimum Gasteiger partial charge on any atom is -0.497 e. The molecule has 6 heteroatoms. The Hall–Kier alpha value is -2.34. The number of nitrogens with one attached hydrogen (secondary N) is 2. The first-order valence-corrected chi connectivity index (χ1v) is 8.28. The fourth-order valence-electron chi connectivity index (χ4n) is 2.38. The molecule has 1 aromatic carbocycles. The topological polar surface area (TPSA) is 55.4 Å². The van der Waals surface area contributed by atoms with Crippen LogP contribution in [0.15, 0.2) is 36.5 Å². The predicted octanol–water partition coefficient (Wildman–Crippen LogP) is 3.19. The summed E-state index contributed by atoms with van der Waals surface area (Å²) in [6, 6.07) is 9.74. The molecule has 0 fully saturated rings. The van der Waals surface area contributed by atoms with Gasteiger partial charge < -0.3 is 20.1 Å². The second kappa shape index (κ2) is 9.08. The zero-order chi connectivity index (χ0) is 17.4. The van der Waals surface area contributed by atoms with Crippen molar-refractivity contribution >= 4 is 23.1 Å². The molecule has 2 N–H and O–H groups in total. The lowest BCUT2D eigenvalue weighted by atomic mass is 10.1. The van der Waals surface area contributed by atoms with Crippen molar-refractivity contribution in [3.8, 4) is 11.5 Å². The molecule has 5 nitrogen and oxygen atoms in total. The lowest BCUT2D eigenvalue weighted by molar-refractivity contribution is 0.398. The van der Waals surface area contributed by atoms with Crippen LogP contribution in [0.4, 0.5) is 5.82 Å². The molecule has 0 radical (unpaired) electrons. The standard InChI is InChI=1S/C18H23N3O2S/c1-4-13-6-5-10-19-17(13)21-18(24)20-11-9-14-12-15(22-2)7-8-16(14)23-3/h5-8,10,12H,4,9,11H2,1-3H3,(H2,19,20,21,24). The summed E-state index contributed by atoms with van der Waals surface area (Å²) in [6.07, 6.45) is 3.43. The summed E-state index contributed by atoms with van der Waals surface area (Å²) in [7, 11) is 3.32. The number of hydrogen-bond donors (Lipinski definition) is 2. The molecule has 1 heterocycles. The van der Waals surface area contributed by atoms with E-state index in [1.807, 2.05) is 30.3 Å². The first kappa shape index (κ1) is 18.0. The molecule has 0 aliphatic carbocycles. The summed E-state index contributed by atoms with van der Waals surface area (Å²) in [5.74, 6) is 2.46. The largest absolute Gasteiger partial charge is 0.497 e. The SMILES string of the molecule is CCc1cccnc1NC(=S)NCCc1cc(OC)ccc1OC. The highest BCUT2D eigenvalue weighted by Gasteiger charge is 2.07. The minimum absolute atomic E-state index is 0.560. The zero-order valence-electron chi connectivity index (χ0n) is 14.3. The van der Waals surface area contributed by atoms with Gasteiger partial charge in [-0.1, -0.05) is 13.0 Å². The van der Waals surface area contributed by atoms with Crippen molar-refractivity contribution in [2.24, 2.45) is 0 Å². The van der Waals surface area contributed by atoms with E-state index >= 15 is 0 Å². The normalized spacial score (nSPS) is 10.1. The van der Waals surface area contributed by atoms with Gasteiger partial charge in [-0.2, -0.15) is 0 Å². The molecule has 2 aromatic rings. The lowest BCUT2D eigenvalue weighted by Gasteiger charge is -2.14. The molecule has 0 spiro atoms. The maximum Gasteiger partial charge on any atom is 0.171 e. The van der Waals surface area contributed by atoms with E-state index in [2.05, 4.69) is 22.5 Å². The number of thiocarbonyl (C=S) groups is 1.